The first kappa shape index (κ1) is 21.2. The summed E-state index contributed by atoms with van der Waals surface area (Å²) in [5, 5.41) is 0.666. The van der Waals surface area contributed by atoms with Crippen LogP contribution in [0.25, 0.3) is 10.7 Å². The second kappa shape index (κ2) is 7.74. The topological polar surface area (TPSA) is 75.5 Å². The van der Waals surface area contributed by atoms with E-state index < -0.39 is 10.0 Å². The van der Waals surface area contributed by atoms with Crippen molar-refractivity contribution in [2.45, 2.75) is 38.0 Å². The molecule has 3 aromatic rings. The zero-order valence-electron chi connectivity index (χ0n) is 18.5. The van der Waals surface area contributed by atoms with E-state index in [1.807, 2.05) is 54.6 Å². The number of fused-ring (bicyclic) bond motifs is 1. The Morgan fingerprint density at radius 2 is 1.81 bits per heavy atom. The molecule has 5 rings (SSSR count). The molecule has 2 aliphatic heterocycles. The Hall–Kier alpha value is -2.65. The lowest BCUT2D eigenvalue weighted by atomic mass is 10.2. The number of benzene rings is 1. The van der Waals surface area contributed by atoms with Gasteiger partial charge in [-0.2, -0.15) is 0 Å². The standard InChI is InChI=1S/C23H26N4O3S2/c1-15-21(23(28)26-11-6-7-12-26)31-22(24-15)19-14-20(16(2)25(19)3)32(29,30)27-13-10-17-8-4-5-9-18(17)27/h4-5,8-9,14H,6-7,10-13H2,1-3H3. The van der Waals surface area contributed by atoms with Gasteiger partial charge < -0.3 is 9.47 Å². The van der Waals surface area contributed by atoms with Crippen molar-refractivity contribution in [2.24, 2.45) is 7.05 Å². The molecule has 0 atom stereocenters. The maximum Gasteiger partial charge on any atom is 0.266 e. The minimum atomic E-state index is -3.71. The number of likely N-dealkylation sites (tertiary alicyclic amines) is 1. The van der Waals surface area contributed by atoms with Crippen LogP contribution in [0, 0.1) is 13.8 Å². The summed E-state index contributed by atoms with van der Waals surface area (Å²) in [6, 6.07) is 9.35. The van der Waals surface area contributed by atoms with Crippen LogP contribution in [0.15, 0.2) is 35.2 Å². The van der Waals surface area contributed by atoms with E-state index in [2.05, 4.69) is 4.98 Å². The lowest BCUT2D eigenvalue weighted by Crippen LogP contribution is -2.29. The molecule has 32 heavy (non-hydrogen) atoms. The molecule has 0 saturated carbocycles. The Bertz CT molecular complexity index is 1320. The van der Waals surface area contributed by atoms with Crippen molar-refractivity contribution in [2.75, 3.05) is 23.9 Å². The van der Waals surface area contributed by atoms with E-state index in [0.29, 0.717) is 39.9 Å². The number of thiazole rings is 1. The van der Waals surface area contributed by atoms with Gasteiger partial charge in [0, 0.05) is 32.4 Å². The molecule has 0 aliphatic carbocycles. The minimum Gasteiger partial charge on any atom is -0.345 e. The predicted molar refractivity (Wildman–Crippen MR) is 126 cm³/mol. The van der Waals surface area contributed by atoms with Gasteiger partial charge in [-0.05, 0) is 50.8 Å². The molecule has 1 fully saturated rings. The highest BCUT2D eigenvalue weighted by Gasteiger charge is 2.34. The van der Waals surface area contributed by atoms with Crippen molar-refractivity contribution in [1.29, 1.82) is 0 Å². The molecule has 0 radical (unpaired) electrons. The first-order valence-electron chi connectivity index (χ1n) is 10.8. The monoisotopic (exact) mass is 470 g/mol. The zero-order valence-corrected chi connectivity index (χ0v) is 20.1. The lowest BCUT2D eigenvalue weighted by Gasteiger charge is -2.19. The number of hydrogen-bond acceptors (Lipinski definition) is 5. The predicted octanol–water partition coefficient (Wildman–Crippen LogP) is 3.75. The molecule has 168 valence electrons. The summed E-state index contributed by atoms with van der Waals surface area (Å²) >= 11 is 1.34. The number of rotatable bonds is 4. The van der Waals surface area contributed by atoms with E-state index in [0.717, 1.165) is 37.2 Å². The molecule has 0 spiro atoms. The highest BCUT2D eigenvalue weighted by molar-refractivity contribution is 7.93. The van der Waals surface area contributed by atoms with Crippen molar-refractivity contribution in [3.8, 4) is 10.7 Å². The molecule has 1 amide bonds. The number of hydrogen-bond donors (Lipinski definition) is 0. The number of anilines is 1. The van der Waals surface area contributed by atoms with E-state index in [1.54, 1.807) is 6.07 Å². The van der Waals surface area contributed by atoms with E-state index in [1.165, 1.54) is 15.6 Å². The Labute approximate surface area is 192 Å². The first-order valence-corrected chi connectivity index (χ1v) is 13.1. The quantitative estimate of drug-likeness (QED) is 0.582. The Morgan fingerprint density at radius 1 is 1.09 bits per heavy atom. The minimum absolute atomic E-state index is 0.0243. The Balaban J connectivity index is 1.53. The van der Waals surface area contributed by atoms with Gasteiger partial charge in [-0.1, -0.05) is 18.2 Å². The van der Waals surface area contributed by atoms with Gasteiger partial charge in [0.25, 0.3) is 15.9 Å². The summed E-state index contributed by atoms with van der Waals surface area (Å²) < 4.78 is 30.6. The van der Waals surface area contributed by atoms with E-state index >= 15 is 0 Å². The van der Waals surface area contributed by atoms with Gasteiger partial charge in [-0.15, -0.1) is 11.3 Å². The summed E-state index contributed by atoms with van der Waals surface area (Å²) in [5.74, 6) is 0.0243. The molecule has 1 aromatic carbocycles. The van der Waals surface area contributed by atoms with Crippen molar-refractivity contribution in [3.05, 3.63) is 52.2 Å². The number of sulfonamides is 1. The molecule has 2 aromatic heterocycles. The summed E-state index contributed by atoms with van der Waals surface area (Å²) in [4.78, 5) is 20.4. The van der Waals surface area contributed by atoms with Crippen LogP contribution in [0.5, 0.6) is 0 Å². The SMILES string of the molecule is Cc1nc(-c2cc(S(=O)(=O)N3CCc4ccccc43)c(C)n2C)sc1C(=O)N1CCCC1. The molecule has 1 saturated heterocycles. The van der Waals surface area contributed by atoms with Crippen molar-refractivity contribution in [3.63, 3.8) is 0 Å². The number of aryl methyl sites for hydroxylation is 1. The molecule has 2 aliphatic rings. The Morgan fingerprint density at radius 3 is 2.56 bits per heavy atom. The fourth-order valence-corrected chi connectivity index (χ4v) is 7.45. The van der Waals surface area contributed by atoms with Crippen LogP contribution in [0.1, 0.15) is 39.5 Å². The zero-order chi connectivity index (χ0) is 22.6. The van der Waals surface area contributed by atoms with Crippen molar-refractivity contribution < 1.29 is 13.2 Å². The molecule has 9 heteroatoms. The molecular formula is C23H26N4O3S2. The number of amides is 1. The highest BCUT2D eigenvalue weighted by atomic mass is 32.2. The molecule has 0 bridgehead atoms. The summed E-state index contributed by atoms with van der Waals surface area (Å²) in [6.45, 7) is 5.67. The van der Waals surface area contributed by atoms with Crippen LogP contribution >= 0.6 is 11.3 Å². The normalized spacial score (nSPS) is 16.1. The van der Waals surface area contributed by atoms with Crippen LogP contribution in [0.4, 0.5) is 5.69 Å². The number of carbonyl (C=O) groups is 1. The van der Waals surface area contributed by atoms with Crippen LogP contribution in [-0.2, 0) is 23.5 Å². The molecule has 7 nitrogen and oxygen atoms in total. The van der Waals surface area contributed by atoms with Crippen LogP contribution in [0.2, 0.25) is 0 Å². The largest absolute Gasteiger partial charge is 0.345 e. The molecular weight excluding hydrogens is 444 g/mol. The van der Waals surface area contributed by atoms with Gasteiger partial charge in [0.15, 0.2) is 0 Å². The number of para-hydroxylation sites is 1. The van der Waals surface area contributed by atoms with E-state index in [9.17, 15) is 13.2 Å². The molecule has 4 heterocycles. The van der Waals surface area contributed by atoms with Crippen molar-refractivity contribution >= 4 is 33.0 Å². The third kappa shape index (κ3) is 3.26. The van der Waals surface area contributed by atoms with E-state index in [4.69, 9.17) is 0 Å². The third-order valence-electron chi connectivity index (χ3n) is 6.50. The summed E-state index contributed by atoms with van der Waals surface area (Å²) in [7, 11) is -1.86. The van der Waals surface area contributed by atoms with Gasteiger partial charge in [-0.25, -0.2) is 13.4 Å². The third-order valence-corrected chi connectivity index (χ3v) is 9.60. The van der Waals surface area contributed by atoms with Crippen LogP contribution in [0.3, 0.4) is 0 Å². The van der Waals surface area contributed by atoms with Gasteiger partial charge in [-0.3, -0.25) is 9.10 Å². The lowest BCUT2D eigenvalue weighted by molar-refractivity contribution is 0.0796. The number of nitrogens with zero attached hydrogens (tertiary/aromatic N) is 4. The Kier molecular flexibility index (Phi) is 5.13. The maximum absolute atomic E-state index is 13.6. The van der Waals surface area contributed by atoms with Gasteiger partial charge in [0.05, 0.1) is 17.1 Å². The smallest absolute Gasteiger partial charge is 0.266 e. The van der Waals surface area contributed by atoms with Gasteiger partial charge in [0.1, 0.15) is 14.8 Å². The highest BCUT2D eigenvalue weighted by Crippen LogP contribution is 2.37. The molecule has 0 unspecified atom stereocenters. The average Bonchev–Trinajstić information content (AvgIpc) is 3.55. The van der Waals surface area contributed by atoms with Crippen LogP contribution in [-0.4, -0.2) is 48.4 Å². The second-order valence-corrected chi connectivity index (χ2v) is 11.3. The summed E-state index contributed by atoms with van der Waals surface area (Å²) in [5.41, 5.74) is 3.86. The second-order valence-electron chi connectivity index (χ2n) is 8.43. The molecule has 0 N–H and O–H groups in total. The van der Waals surface area contributed by atoms with Crippen molar-refractivity contribution in [1.82, 2.24) is 14.5 Å². The first-order chi connectivity index (χ1) is 15.3. The van der Waals surface area contributed by atoms with E-state index in [-0.39, 0.29) is 10.8 Å². The van der Waals surface area contributed by atoms with Gasteiger partial charge >= 0.3 is 0 Å². The maximum atomic E-state index is 13.6. The number of aromatic nitrogens is 2. The fraction of sp³-hybridized carbons (Fsp3) is 0.391. The summed E-state index contributed by atoms with van der Waals surface area (Å²) in [6.07, 6.45) is 2.78. The number of carbonyl (C=O) groups excluding carboxylic acids is 1. The van der Waals surface area contributed by atoms with Gasteiger partial charge in [0.2, 0.25) is 0 Å². The fourth-order valence-electron chi connectivity index (χ4n) is 4.58. The van der Waals surface area contributed by atoms with Crippen LogP contribution < -0.4 is 4.31 Å². The average molecular weight is 471 g/mol.